The van der Waals surface area contributed by atoms with Crippen molar-refractivity contribution in [1.29, 1.82) is 0 Å². The summed E-state index contributed by atoms with van der Waals surface area (Å²) in [7, 11) is 0. The van der Waals surface area contributed by atoms with E-state index in [-0.39, 0.29) is 16.4 Å². The Morgan fingerprint density at radius 1 is 1.41 bits per heavy atom. The Morgan fingerprint density at radius 2 is 2.12 bits per heavy atom. The molecule has 0 unspecified atom stereocenters. The number of thioether (sulfide) groups is 1. The van der Waals surface area contributed by atoms with Gasteiger partial charge in [0.05, 0.1) is 11.3 Å². The van der Waals surface area contributed by atoms with Crippen LogP contribution in [0.1, 0.15) is 18.9 Å². The van der Waals surface area contributed by atoms with Crippen molar-refractivity contribution in [2.24, 2.45) is 0 Å². The molecule has 0 amide bonds. The van der Waals surface area contributed by atoms with Gasteiger partial charge in [-0.2, -0.15) is 0 Å². The van der Waals surface area contributed by atoms with Crippen LogP contribution >= 0.6 is 11.8 Å². The molecule has 0 heterocycles. The van der Waals surface area contributed by atoms with Gasteiger partial charge in [0.15, 0.2) is 5.12 Å². The number of anilines is 1. The molecule has 0 saturated carbocycles. The van der Waals surface area contributed by atoms with E-state index < -0.39 is 11.6 Å². The third kappa shape index (κ3) is 4.45. The summed E-state index contributed by atoms with van der Waals surface area (Å²) in [5.74, 6) is 4.29. The van der Waals surface area contributed by atoms with Crippen molar-refractivity contribution in [1.82, 2.24) is 0 Å². The molecule has 0 radical (unpaired) electrons. The first kappa shape index (κ1) is 13.5. The summed E-state index contributed by atoms with van der Waals surface area (Å²) in [6, 6.07) is 1.87. The van der Waals surface area contributed by atoms with Crippen molar-refractivity contribution in [2.45, 2.75) is 13.3 Å². The zero-order valence-electron chi connectivity index (χ0n) is 9.22. The Kier molecular flexibility index (Phi) is 4.98. The van der Waals surface area contributed by atoms with Crippen LogP contribution in [0.5, 0.6) is 0 Å². The Bertz CT molecular complexity index is 491. The highest BCUT2D eigenvalue weighted by atomic mass is 32.2. The van der Waals surface area contributed by atoms with Crippen molar-refractivity contribution in [3.63, 3.8) is 0 Å². The number of hydrogen-bond acceptors (Lipinski definition) is 3. The molecular weight excluding hydrogens is 244 g/mol. The van der Waals surface area contributed by atoms with Gasteiger partial charge >= 0.3 is 0 Å². The molecular formula is C12H11F2NOS. The average molecular weight is 255 g/mol. The number of nitrogen functional groups attached to an aromatic ring is 1. The molecule has 0 bridgehead atoms. The lowest BCUT2D eigenvalue weighted by Crippen LogP contribution is -1.94. The average Bonchev–Trinajstić information content (AvgIpc) is 2.24. The smallest absolute Gasteiger partial charge is 0.185 e. The maximum absolute atomic E-state index is 13.2. The van der Waals surface area contributed by atoms with E-state index in [1.165, 1.54) is 6.92 Å². The molecule has 5 heteroatoms. The fraction of sp³-hybridized carbons (Fsp3) is 0.250. The second-order valence-electron chi connectivity index (χ2n) is 3.25. The summed E-state index contributed by atoms with van der Waals surface area (Å²) in [5.41, 5.74) is 5.24. The molecule has 0 aliphatic heterocycles. The van der Waals surface area contributed by atoms with Gasteiger partial charge < -0.3 is 5.73 Å². The van der Waals surface area contributed by atoms with Gasteiger partial charge in [0.25, 0.3) is 0 Å². The molecule has 1 aromatic carbocycles. The molecule has 0 aliphatic carbocycles. The van der Waals surface area contributed by atoms with Crippen LogP contribution in [0.25, 0.3) is 0 Å². The van der Waals surface area contributed by atoms with Crippen LogP contribution in [0.4, 0.5) is 14.5 Å². The highest BCUT2D eigenvalue weighted by Crippen LogP contribution is 2.15. The Hall–Kier alpha value is -1.54. The molecule has 0 atom stereocenters. The van der Waals surface area contributed by atoms with Crippen LogP contribution in [-0.2, 0) is 4.79 Å². The van der Waals surface area contributed by atoms with Gasteiger partial charge in [0.2, 0.25) is 0 Å². The summed E-state index contributed by atoms with van der Waals surface area (Å²) >= 11 is 1.16. The molecule has 0 aromatic heterocycles. The largest absolute Gasteiger partial charge is 0.396 e. The predicted molar refractivity (Wildman–Crippen MR) is 65.4 cm³/mol. The van der Waals surface area contributed by atoms with Crippen LogP contribution in [0.3, 0.4) is 0 Å². The minimum atomic E-state index is -0.791. The Labute approximate surface area is 103 Å². The Morgan fingerprint density at radius 3 is 2.76 bits per heavy atom. The third-order valence-electron chi connectivity index (χ3n) is 1.84. The van der Waals surface area contributed by atoms with Gasteiger partial charge in [0, 0.05) is 25.2 Å². The minimum absolute atomic E-state index is 0.0176. The van der Waals surface area contributed by atoms with E-state index >= 15 is 0 Å². The lowest BCUT2D eigenvalue weighted by molar-refractivity contribution is -0.109. The van der Waals surface area contributed by atoms with Crippen LogP contribution in [0, 0.1) is 23.5 Å². The lowest BCUT2D eigenvalue weighted by Gasteiger charge is -1.98. The van der Waals surface area contributed by atoms with Gasteiger partial charge in [-0.05, 0) is 6.07 Å². The molecule has 2 N–H and O–H groups in total. The second kappa shape index (κ2) is 6.26. The van der Waals surface area contributed by atoms with Crippen molar-refractivity contribution in [2.75, 3.05) is 11.5 Å². The van der Waals surface area contributed by atoms with E-state index in [1.807, 2.05) is 0 Å². The molecule has 17 heavy (non-hydrogen) atoms. The summed E-state index contributed by atoms with van der Waals surface area (Å²) in [6.07, 6.45) is 0.459. The normalized spacial score (nSPS) is 9.59. The number of carbonyl (C=O) groups is 1. The molecule has 1 aromatic rings. The number of carbonyl (C=O) groups excluding carboxylic acids is 1. The van der Waals surface area contributed by atoms with E-state index in [2.05, 4.69) is 11.8 Å². The van der Waals surface area contributed by atoms with Crippen LogP contribution in [0.15, 0.2) is 12.1 Å². The van der Waals surface area contributed by atoms with Gasteiger partial charge in [-0.25, -0.2) is 8.78 Å². The third-order valence-corrected chi connectivity index (χ3v) is 2.66. The number of halogens is 2. The monoisotopic (exact) mass is 255 g/mol. The molecule has 90 valence electrons. The number of hydrogen-bond donors (Lipinski definition) is 1. The first-order valence-corrected chi connectivity index (χ1v) is 5.86. The number of nitrogens with two attached hydrogens (primary N) is 1. The predicted octanol–water partition coefficient (Wildman–Crippen LogP) is 2.57. The van der Waals surface area contributed by atoms with Gasteiger partial charge in [-0.3, -0.25) is 4.79 Å². The van der Waals surface area contributed by atoms with E-state index in [0.717, 1.165) is 17.8 Å². The van der Waals surface area contributed by atoms with E-state index in [1.54, 1.807) is 0 Å². The summed E-state index contributed by atoms with van der Waals surface area (Å²) in [5, 5.41) is 0.0176. The van der Waals surface area contributed by atoms with Crippen LogP contribution in [0.2, 0.25) is 0 Å². The highest BCUT2D eigenvalue weighted by Gasteiger charge is 2.05. The van der Waals surface area contributed by atoms with Crippen molar-refractivity contribution in [3.05, 3.63) is 29.3 Å². The Balaban J connectivity index is 2.66. The molecule has 0 spiro atoms. The zero-order chi connectivity index (χ0) is 12.8. The van der Waals surface area contributed by atoms with Gasteiger partial charge in [0.1, 0.15) is 11.6 Å². The highest BCUT2D eigenvalue weighted by molar-refractivity contribution is 8.13. The van der Waals surface area contributed by atoms with E-state index in [0.29, 0.717) is 18.2 Å². The summed E-state index contributed by atoms with van der Waals surface area (Å²) in [6.45, 7) is 1.47. The van der Waals surface area contributed by atoms with E-state index in [9.17, 15) is 13.6 Å². The number of rotatable bonds is 2. The molecule has 2 nitrogen and oxygen atoms in total. The minimum Gasteiger partial charge on any atom is -0.396 e. The van der Waals surface area contributed by atoms with Crippen molar-refractivity contribution in [3.8, 4) is 11.8 Å². The standard InChI is InChI=1S/C12H11F2NOS/c1-8(16)17-5-3-2-4-9-6-12(15)11(14)7-10(9)13/h6-7H,3,5,15H2,1H3. The maximum atomic E-state index is 13.2. The summed E-state index contributed by atoms with van der Waals surface area (Å²) in [4.78, 5) is 10.6. The quantitative estimate of drug-likeness (QED) is 0.502. The fourth-order valence-corrected chi connectivity index (χ4v) is 1.56. The zero-order valence-corrected chi connectivity index (χ0v) is 10.0. The fourth-order valence-electron chi connectivity index (χ4n) is 1.07. The van der Waals surface area contributed by atoms with Crippen LogP contribution in [-0.4, -0.2) is 10.9 Å². The van der Waals surface area contributed by atoms with Crippen molar-refractivity contribution < 1.29 is 13.6 Å². The van der Waals surface area contributed by atoms with Crippen molar-refractivity contribution >= 4 is 22.6 Å². The van der Waals surface area contributed by atoms with E-state index in [4.69, 9.17) is 5.73 Å². The number of benzene rings is 1. The molecule has 0 aliphatic rings. The molecule has 0 fully saturated rings. The first-order valence-electron chi connectivity index (χ1n) is 4.87. The van der Waals surface area contributed by atoms with Crippen LogP contribution < -0.4 is 5.73 Å². The topological polar surface area (TPSA) is 43.1 Å². The molecule has 0 saturated heterocycles. The molecule has 1 rings (SSSR count). The van der Waals surface area contributed by atoms with Gasteiger partial charge in [-0.15, -0.1) is 0 Å². The summed E-state index contributed by atoms with van der Waals surface area (Å²) < 4.78 is 26.0. The lowest BCUT2D eigenvalue weighted by atomic mass is 10.2. The maximum Gasteiger partial charge on any atom is 0.185 e. The van der Waals surface area contributed by atoms with Gasteiger partial charge in [-0.1, -0.05) is 23.6 Å². The second-order valence-corrected chi connectivity index (χ2v) is 4.52. The SMILES string of the molecule is CC(=O)SCCC#Cc1cc(N)c(F)cc1F. The first-order chi connectivity index (χ1) is 8.00.